The summed E-state index contributed by atoms with van der Waals surface area (Å²) in [6.07, 6.45) is 1.62. The van der Waals surface area contributed by atoms with E-state index in [0.29, 0.717) is 23.9 Å². The number of nitrogens with zero attached hydrogens (tertiary/aromatic N) is 2. The Morgan fingerprint density at radius 2 is 1.85 bits per heavy atom. The summed E-state index contributed by atoms with van der Waals surface area (Å²) in [5.74, 6) is 1.61. The van der Waals surface area contributed by atoms with Crippen LogP contribution in [0.25, 0.3) is 0 Å². The first-order chi connectivity index (χ1) is 12.8. The molecule has 1 amide bonds. The Bertz CT molecular complexity index is 910. The molecule has 0 atom stereocenters. The highest BCUT2D eigenvalue weighted by atomic mass is 16.3. The maximum absolute atomic E-state index is 12.6. The lowest BCUT2D eigenvalue weighted by molar-refractivity contribution is 0.102. The summed E-state index contributed by atoms with van der Waals surface area (Å²) in [7, 11) is 0. The van der Waals surface area contributed by atoms with Crippen LogP contribution in [-0.2, 0) is 12.0 Å². The van der Waals surface area contributed by atoms with E-state index in [1.165, 1.54) is 5.56 Å². The maximum atomic E-state index is 12.6. The smallest absolute Gasteiger partial charge is 0.274 e. The largest absolute Gasteiger partial charge is 0.467 e. The molecule has 0 aliphatic rings. The van der Waals surface area contributed by atoms with Gasteiger partial charge >= 0.3 is 0 Å². The molecule has 6 heteroatoms. The number of carbonyl (C=O) groups excluding carboxylic acids is 1. The first-order valence-corrected chi connectivity index (χ1v) is 8.85. The van der Waals surface area contributed by atoms with Crippen LogP contribution in [0.4, 0.5) is 11.5 Å². The highest BCUT2D eigenvalue weighted by Gasteiger charge is 2.14. The van der Waals surface area contributed by atoms with Crippen LogP contribution in [0.5, 0.6) is 0 Å². The van der Waals surface area contributed by atoms with Gasteiger partial charge in [-0.15, -0.1) is 0 Å². The zero-order chi connectivity index (χ0) is 19.4. The maximum Gasteiger partial charge on any atom is 0.274 e. The summed E-state index contributed by atoms with van der Waals surface area (Å²) in [4.78, 5) is 21.1. The average molecular weight is 364 g/mol. The molecule has 1 aromatic carbocycles. The third-order valence-corrected chi connectivity index (χ3v) is 4.10. The summed E-state index contributed by atoms with van der Waals surface area (Å²) in [5.41, 5.74) is 2.32. The van der Waals surface area contributed by atoms with Crippen molar-refractivity contribution in [2.75, 3.05) is 10.6 Å². The van der Waals surface area contributed by atoms with Gasteiger partial charge in [0.15, 0.2) is 0 Å². The molecule has 3 rings (SSSR count). The number of hydrogen-bond acceptors (Lipinski definition) is 5. The molecule has 0 saturated heterocycles. The second-order valence-corrected chi connectivity index (χ2v) is 7.40. The lowest BCUT2D eigenvalue weighted by Crippen LogP contribution is -2.16. The number of nitrogens with one attached hydrogen (secondary N) is 2. The van der Waals surface area contributed by atoms with Crippen molar-refractivity contribution < 1.29 is 9.21 Å². The van der Waals surface area contributed by atoms with E-state index in [-0.39, 0.29) is 11.3 Å². The van der Waals surface area contributed by atoms with Crippen molar-refractivity contribution in [3.63, 3.8) is 0 Å². The number of amides is 1. The van der Waals surface area contributed by atoms with E-state index in [9.17, 15) is 4.79 Å². The van der Waals surface area contributed by atoms with Gasteiger partial charge in [-0.2, -0.15) is 0 Å². The number of carbonyl (C=O) groups is 1. The number of benzene rings is 1. The van der Waals surface area contributed by atoms with Gasteiger partial charge in [-0.05, 0) is 42.2 Å². The molecule has 0 bridgehead atoms. The van der Waals surface area contributed by atoms with Gasteiger partial charge in [-0.1, -0.05) is 32.9 Å². The highest BCUT2D eigenvalue weighted by Crippen LogP contribution is 2.23. The third kappa shape index (κ3) is 4.94. The van der Waals surface area contributed by atoms with Gasteiger partial charge in [0, 0.05) is 11.8 Å². The highest BCUT2D eigenvalue weighted by molar-refractivity contribution is 6.03. The van der Waals surface area contributed by atoms with Gasteiger partial charge in [-0.25, -0.2) is 9.97 Å². The van der Waals surface area contributed by atoms with Gasteiger partial charge in [0.05, 0.1) is 12.8 Å². The Balaban J connectivity index is 1.70. The van der Waals surface area contributed by atoms with Crippen molar-refractivity contribution >= 4 is 17.4 Å². The fourth-order valence-electron chi connectivity index (χ4n) is 2.61. The SMILES string of the molecule is Cc1nc(NCc2ccco2)cc(C(=O)Nc2ccc(C(C)(C)C)cc2)n1. The Morgan fingerprint density at radius 3 is 2.48 bits per heavy atom. The number of furan rings is 1. The summed E-state index contributed by atoms with van der Waals surface area (Å²) < 4.78 is 5.29. The third-order valence-electron chi connectivity index (χ3n) is 4.10. The van der Waals surface area contributed by atoms with Gasteiger partial charge in [0.25, 0.3) is 5.91 Å². The average Bonchev–Trinajstić information content (AvgIpc) is 3.13. The lowest BCUT2D eigenvalue weighted by Gasteiger charge is -2.19. The van der Waals surface area contributed by atoms with E-state index >= 15 is 0 Å². The van der Waals surface area contributed by atoms with Crippen molar-refractivity contribution in [3.8, 4) is 0 Å². The summed E-state index contributed by atoms with van der Waals surface area (Å²) >= 11 is 0. The van der Waals surface area contributed by atoms with E-state index in [2.05, 4.69) is 41.4 Å². The van der Waals surface area contributed by atoms with Crippen LogP contribution in [0.3, 0.4) is 0 Å². The molecular weight excluding hydrogens is 340 g/mol. The van der Waals surface area contributed by atoms with Crippen molar-refractivity contribution in [2.45, 2.75) is 39.7 Å². The minimum Gasteiger partial charge on any atom is -0.467 e. The van der Waals surface area contributed by atoms with Crippen molar-refractivity contribution in [2.24, 2.45) is 0 Å². The molecule has 2 aromatic heterocycles. The Morgan fingerprint density at radius 1 is 1.11 bits per heavy atom. The molecule has 27 heavy (non-hydrogen) atoms. The quantitative estimate of drug-likeness (QED) is 0.695. The van der Waals surface area contributed by atoms with Crippen LogP contribution in [0.2, 0.25) is 0 Å². The van der Waals surface area contributed by atoms with Crippen molar-refractivity contribution in [1.29, 1.82) is 0 Å². The van der Waals surface area contributed by atoms with E-state index < -0.39 is 0 Å². The van der Waals surface area contributed by atoms with E-state index in [0.717, 1.165) is 11.4 Å². The van der Waals surface area contributed by atoms with Gasteiger partial charge in [0.2, 0.25) is 0 Å². The zero-order valence-electron chi connectivity index (χ0n) is 16.0. The van der Waals surface area contributed by atoms with Crippen LogP contribution in [0.1, 0.15) is 48.4 Å². The van der Waals surface area contributed by atoms with Crippen LogP contribution in [-0.4, -0.2) is 15.9 Å². The molecule has 0 aliphatic heterocycles. The van der Waals surface area contributed by atoms with Gasteiger partial charge in [0.1, 0.15) is 23.1 Å². The van der Waals surface area contributed by atoms with Gasteiger partial charge in [-0.3, -0.25) is 4.79 Å². The van der Waals surface area contributed by atoms with Crippen LogP contribution in [0, 0.1) is 6.92 Å². The summed E-state index contributed by atoms with van der Waals surface area (Å²) in [6.45, 7) is 8.70. The molecule has 0 unspecified atom stereocenters. The molecule has 3 aromatic rings. The predicted octanol–water partition coefficient (Wildman–Crippen LogP) is 4.54. The molecule has 2 N–H and O–H groups in total. The first kappa shape index (κ1) is 18.6. The number of aryl methyl sites for hydroxylation is 1. The van der Waals surface area contributed by atoms with Gasteiger partial charge < -0.3 is 15.1 Å². The monoisotopic (exact) mass is 364 g/mol. The number of anilines is 2. The van der Waals surface area contributed by atoms with E-state index in [4.69, 9.17) is 4.42 Å². The molecular formula is C21H24N4O2. The topological polar surface area (TPSA) is 80.0 Å². The van der Waals surface area contributed by atoms with Crippen molar-refractivity contribution in [3.05, 3.63) is 71.6 Å². The minimum atomic E-state index is -0.273. The molecule has 0 radical (unpaired) electrons. The first-order valence-electron chi connectivity index (χ1n) is 8.85. The summed E-state index contributed by atoms with van der Waals surface area (Å²) in [6, 6.07) is 13.2. The van der Waals surface area contributed by atoms with E-state index in [1.807, 2.05) is 36.4 Å². The molecule has 6 nitrogen and oxygen atoms in total. The Kier molecular flexibility index (Phi) is 5.26. The van der Waals surface area contributed by atoms with Crippen LogP contribution in [0.15, 0.2) is 53.1 Å². The molecule has 0 saturated carbocycles. The standard InChI is InChI=1S/C21H24N4O2/c1-14-23-18(12-19(24-14)22-13-17-6-5-11-27-17)20(26)25-16-9-7-15(8-10-16)21(2,3)4/h5-12H,13H2,1-4H3,(H,25,26)(H,22,23,24). The molecule has 0 fully saturated rings. The minimum absolute atomic E-state index is 0.0703. The summed E-state index contributed by atoms with van der Waals surface area (Å²) in [5, 5.41) is 6.03. The molecule has 0 spiro atoms. The second kappa shape index (κ2) is 7.61. The predicted molar refractivity (Wildman–Crippen MR) is 106 cm³/mol. The number of aromatic nitrogens is 2. The normalized spacial score (nSPS) is 11.3. The van der Waals surface area contributed by atoms with Crippen LogP contribution < -0.4 is 10.6 Å². The van der Waals surface area contributed by atoms with E-state index in [1.54, 1.807) is 19.3 Å². The Hall–Kier alpha value is -3.15. The zero-order valence-corrected chi connectivity index (χ0v) is 16.0. The molecule has 140 valence electrons. The van der Waals surface area contributed by atoms with Crippen LogP contribution >= 0.6 is 0 Å². The Labute approximate surface area is 159 Å². The molecule has 2 heterocycles. The number of rotatable bonds is 5. The number of hydrogen-bond donors (Lipinski definition) is 2. The fourth-order valence-corrected chi connectivity index (χ4v) is 2.61. The van der Waals surface area contributed by atoms with Crippen molar-refractivity contribution in [1.82, 2.24) is 9.97 Å². The molecule has 0 aliphatic carbocycles. The lowest BCUT2D eigenvalue weighted by atomic mass is 9.87. The second-order valence-electron chi connectivity index (χ2n) is 7.40. The fraction of sp³-hybridized carbons (Fsp3) is 0.286.